The van der Waals surface area contributed by atoms with E-state index in [0.29, 0.717) is 23.4 Å². The number of methoxy groups -OCH3 is 1. The Bertz CT molecular complexity index is 956. The Labute approximate surface area is 150 Å². The lowest BCUT2D eigenvalue weighted by atomic mass is 10.1. The fraction of sp³-hybridized carbons (Fsp3) is 0.200. The number of rotatable bonds is 5. The number of ether oxygens (including phenoxy) is 2. The second-order valence-corrected chi connectivity index (χ2v) is 5.67. The molecule has 0 saturated heterocycles. The quantitative estimate of drug-likeness (QED) is 0.696. The van der Waals surface area contributed by atoms with E-state index in [1.54, 1.807) is 30.3 Å². The van der Waals surface area contributed by atoms with Crippen molar-refractivity contribution >= 4 is 28.5 Å². The van der Waals surface area contributed by atoms with Gasteiger partial charge in [-0.05, 0) is 56.3 Å². The molecule has 2 aromatic carbocycles. The minimum absolute atomic E-state index is 0.241. The molecule has 0 aliphatic carbocycles. The van der Waals surface area contributed by atoms with Gasteiger partial charge in [0.25, 0.3) is 5.91 Å². The lowest BCUT2D eigenvalue weighted by Gasteiger charge is -2.05. The summed E-state index contributed by atoms with van der Waals surface area (Å²) in [6, 6.07) is 11.9. The first-order valence-electron chi connectivity index (χ1n) is 8.19. The second kappa shape index (κ2) is 7.31. The van der Waals surface area contributed by atoms with Crippen LogP contribution < -0.4 is 10.1 Å². The highest BCUT2D eigenvalue weighted by Gasteiger charge is 2.18. The van der Waals surface area contributed by atoms with Gasteiger partial charge >= 0.3 is 5.97 Å². The highest BCUT2D eigenvalue weighted by molar-refractivity contribution is 6.06. The number of furan rings is 1. The molecule has 0 bridgehead atoms. The fourth-order valence-corrected chi connectivity index (χ4v) is 2.67. The predicted octanol–water partition coefficient (Wildman–Crippen LogP) is 4.18. The number of nitrogens with one attached hydrogen (secondary N) is 1. The van der Waals surface area contributed by atoms with E-state index in [0.717, 1.165) is 16.7 Å². The van der Waals surface area contributed by atoms with Crippen molar-refractivity contribution in [2.24, 2.45) is 0 Å². The molecule has 6 nitrogen and oxygen atoms in total. The van der Waals surface area contributed by atoms with E-state index in [9.17, 15) is 9.59 Å². The molecular formula is C20H19NO5. The van der Waals surface area contributed by atoms with E-state index in [2.05, 4.69) is 10.1 Å². The summed E-state index contributed by atoms with van der Waals surface area (Å²) in [4.78, 5) is 24.0. The Morgan fingerprint density at radius 3 is 2.50 bits per heavy atom. The number of carbonyl (C=O) groups excluding carboxylic acids is 2. The predicted molar refractivity (Wildman–Crippen MR) is 97.9 cm³/mol. The van der Waals surface area contributed by atoms with Gasteiger partial charge in [0, 0.05) is 16.6 Å². The summed E-state index contributed by atoms with van der Waals surface area (Å²) in [5, 5.41) is 3.60. The first kappa shape index (κ1) is 17.5. The van der Waals surface area contributed by atoms with E-state index in [1.807, 2.05) is 26.0 Å². The molecule has 0 atom stereocenters. The van der Waals surface area contributed by atoms with Crippen LogP contribution in [0.25, 0.3) is 11.0 Å². The maximum Gasteiger partial charge on any atom is 0.337 e. The van der Waals surface area contributed by atoms with Gasteiger partial charge in [-0.25, -0.2) is 4.79 Å². The van der Waals surface area contributed by atoms with Crippen molar-refractivity contribution in [3.8, 4) is 5.75 Å². The summed E-state index contributed by atoms with van der Waals surface area (Å²) in [6.07, 6.45) is 0. The third-order valence-electron chi connectivity index (χ3n) is 3.99. The Kier molecular flexibility index (Phi) is 4.93. The number of anilines is 1. The van der Waals surface area contributed by atoms with Crippen molar-refractivity contribution in [1.82, 2.24) is 0 Å². The molecule has 1 amide bonds. The Hall–Kier alpha value is -3.28. The van der Waals surface area contributed by atoms with E-state index in [4.69, 9.17) is 9.15 Å². The molecule has 6 heteroatoms. The van der Waals surface area contributed by atoms with Crippen LogP contribution in [-0.4, -0.2) is 25.6 Å². The average Bonchev–Trinajstić information content (AvgIpc) is 2.98. The summed E-state index contributed by atoms with van der Waals surface area (Å²) < 4.78 is 15.8. The summed E-state index contributed by atoms with van der Waals surface area (Å²) in [5.41, 5.74) is 2.33. The first-order chi connectivity index (χ1) is 12.5. The topological polar surface area (TPSA) is 77.8 Å². The zero-order valence-electron chi connectivity index (χ0n) is 14.8. The lowest BCUT2D eigenvalue weighted by molar-refractivity contribution is 0.0600. The number of amides is 1. The van der Waals surface area contributed by atoms with Crippen molar-refractivity contribution in [3.05, 3.63) is 59.4 Å². The van der Waals surface area contributed by atoms with Crippen molar-refractivity contribution in [2.75, 3.05) is 19.0 Å². The Morgan fingerprint density at radius 2 is 1.85 bits per heavy atom. The highest BCUT2D eigenvalue weighted by atomic mass is 16.5. The zero-order valence-corrected chi connectivity index (χ0v) is 14.8. The number of esters is 1. The summed E-state index contributed by atoms with van der Waals surface area (Å²) in [6.45, 7) is 4.31. The molecule has 0 unspecified atom stereocenters. The maximum absolute atomic E-state index is 12.6. The van der Waals surface area contributed by atoms with Gasteiger partial charge < -0.3 is 19.2 Å². The van der Waals surface area contributed by atoms with Gasteiger partial charge in [0.15, 0.2) is 5.76 Å². The monoisotopic (exact) mass is 353 g/mol. The number of aryl methyl sites for hydroxylation is 1. The number of hydrogen-bond acceptors (Lipinski definition) is 5. The van der Waals surface area contributed by atoms with E-state index < -0.39 is 5.97 Å². The number of carbonyl (C=O) groups is 2. The molecule has 1 aromatic heterocycles. The third-order valence-corrected chi connectivity index (χ3v) is 3.99. The lowest BCUT2D eigenvalue weighted by Crippen LogP contribution is -2.12. The van der Waals surface area contributed by atoms with Gasteiger partial charge in [0.2, 0.25) is 0 Å². The number of hydrogen-bond donors (Lipinski definition) is 1. The molecule has 0 spiro atoms. The van der Waals surface area contributed by atoms with Gasteiger partial charge in [-0.15, -0.1) is 0 Å². The SMILES string of the molecule is CCOc1ccc2oc(C(=O)Nc3ccc(C(=O)OC)cc3)c(C)c2c1. The van der Waals surface area contributed by atoms with Gasteiger partial charge in [0.05, 0.1) is 19.3 Å². The molecule has 3 rings (SSSR count). The van der Waals surface area contributed by atoms with Crippen LogP contribution in [0.5, 0.6) is 5.75 Å². The number of fused-ring (bicyclic) bond motifs is 1. The van der Waals surface area contributed by atoms with Crippen LogP contribution >= 0.6 is 0 Å². The molecule has 3 aromatic rings. The van der Waals surface area contributed by atoms with Crippen LogP contribution in [0.2, 0.25) is 0 Å². The van der Waals surface area contributed by atoms with E-state index >= 15 is 0 Å². The van der Waals surface area contributed by atoms with E-state index in [-0.39, 0.29) is 11.7 Å². The van der Waals surface area contributed by atoms with Crippen molar-refractivity contribution < 1.29 is 23.5 Å². The standard InChI is InChI=1S/C20H19NO5/c1-4-25-15-9-10-17-16(11-15)12(2)18(26-17)19(22)21-14-7-5-13(6-8-14)20(23)24-3/h5-11H,4H2,1-3H3,(H,21,22). The molecule has 0 fully saturated rings. The molecule has 0 saturated carbocycles. The largest absolute Gasteiger partial charge is 0.494 e. The van der Waals surface area contributed by atoms with Gasteiger partial charge in [-0.2, -0.15) is 0 Å². The van der Waals surface area contributed by atoms with Crippen LogP contribution in [0.15, 0.2) is 46.9 Å². The average molecular weight is 353 g/mol. The fourth-order valence-electron chi connectivity index (χ4n) is 2.67. The first-order valence-corrected chi connectivity index (χ1v) is 8.19. The Balaban J connectivity index is 1.83. The van der Waals surface area contributed by atoms with Gasteiger partial charge in [-0.1, -0.05) is 0 Å². The van der Waals surface area contributed by atoms with E-state index in [1.165, 1.54) is 7.11 Å². The molecule has 0 aliphatic rings. The molecular weight excluding hydrogens is 334 g/mol. The highest BCUT2D eigenvalue weighted by Crippen LogP contribution is 2.29. The molecule has 1 N–H and O–H groups in total. The summed E-state index contributed by atoms with van der Waals surface area (Å²) in [7, 11) is 1.32. The molecule has 134 valence electrons. The summed E-state index contributed by atoms with van der Waals surface area (Å²) >= 11 is 0. The molecule has 1 heterocycles. The third kappa shape index (κ3) is 3.39. The zero-order chi connectivity index (χ0) is 18.7. The van der Waals surface area contributed by atoms with Gasteiger partial charge in [0.1, 0.15) is 11.3 Å². The van der Waals surface area contributed by atoms with Crippen LogP contribution in [0.1, 0.15) is 33.4 Å². The van der Waals surface area contributed by atoms with Crippen LogP contribution in [0, 0.1) is 6.92 Å². The van der Waals surface area contributed by atoms with Crippen LogP contribution in [0.3, 0.4) is 0 Å². The smallest absolute Gasteiger partial charge is 0.337 e. The molecule has 0 radical (unpaired) electrons. The normalized spacial score (nSPS) is 10.6. The van der Waals surface area contributed by atoms with Crippen molar-refractivity contribution in [2.45, 2.75) is 13.8 Å². The maximum atomic E-state index is 12.6. The minimum atomic E-state index is -0.430. The van der Waals surface area contributed by atoms with Gasteiger partial charge in [-0.3, -0.25) is 4.79 Å². The van der Waals surface area contributed by atoms with Crippen LogP contribution in [-0.2, 0) is 4.74 Å². The second-order valence-electron chi connectivity index (χ2n) is 5.67. The Morgan fingerprint density at radius 1 is 1.12 bits per heavy atom. The van der Waals surface area contributed by atoms with Crippen molar-refractivity contribution in [3.63, 3.8) is 0 Å². The van der Waals surface area contributed by atoms with Crippen LogP contribution in [0.4, 0.5) is 5.69 Å². The summed E-state index contributed by atoms with van der Waals surface area (Å²) in [5.74, 6) is 0.184. The van der Waals surface area contributed by atoms with Crippen molar-refractivity contribution in [1.29, 1.82) is 0 Å². The minimum Gasteiger partial charge on any atom is -0.494 e. The molecule has 0 aliphatic heterocycles. The molecule has 26 heavy (non-hydrogen) atoms. The number of benzene rings is 2.